The second-order valence-corrected chi connectivity index (χ2v) is 6.41. The van der Waals surface area contributed by atoms with Gasteiger partial charge in [0.1, 0.15) is 5.82 Å². The van der Waals surface area contributed by atoms with E-state index in [2.05, 4.69) is 5.32 Å². The van der Waals surface area contributed by atoms with Gasteiger partial charge in [-0.25, -0.2) is 9.59 Å². The Hall–Kier alpha value is -3.69. The van der Waals surface area contributed by atoms with E-state index in [1.54, 1.807) is 13.0 Å². The average Bonchev–Trinajstić information content (AvgIpc) is 2.69. The number of esters is 1. The van der Waals surface area contributed by atoms with Gasteiger partial charge in [-0.2, -0.15) is 0 Å². The minimum absolute atomic E-state index is 0.135. The van der Waals surface area contributed by atoms with Gasteiger partial charge in [0.2, 0.25) is 0 Å². The van der Waals surface area contributed by atoms with Gasteiger partial charge in [-0.15, -0.1) is 0 Å². The van der Waals surface area contributed by atoms with Gasteiger partial charge in [-0.3, -0.25) is 24.0 Å². The third-order valence-electron chi connectivity index (χ3n) is 4.81. The Bertz CT molecular complexity index is 1160. The number of hydrogen-bond acceptors (Lipinski definition) is 7. The summed E-state index contributed by atoms with van der Waals surface area (Å²) in [6.45, 7) is 1.61. The van der Waals surface area contributed by atoms with E-state index in [1.165, 1.54) is 44.0 Å². The number of benzene rings is 1. The molecule has 0 fully saturated rings. The zero-order valence-corrected chi connectivity index (χ0v) is 15.7. The normalized spacial score (nSPS) is 15.6. The molecule has 146 valence electrons. The summed E-state index contributed by atoms with van der Waals surface area (Å²) in [5.41, 5.74) is -0.283. The smallest absolute Gasteiger partial charge is 0.336 e. The Labute approximate surface area is 158 Å². The highest BCUT2D eigenvalue weighted by Gasteiger charge is 2.37. The van der Waals surface area contributed by atoms with Crippen LogP contribution in [0.25, 0.3) is 0 Å². The molecule has 0 radical (unpaired) electrons. The van der Waals surface area contributed by atoms with Crippen molar-refractivity contribution in [3.05, 3.63) is 77.6 Å². The zero-order valence-electron chi connectivity index (χ0n) is 15.7. The summed E-state index contributed by atoms with van der Waals surface area (Å²) in [5.74, 6) is -1.38. The summed E-state index contributed by atoms with van der Waals surface area (Å²) >= 11 is 0. The van der Waals surface area contributed by atoms with Gasteiger partial charge >= 0.3 is 11.7 Å². The number of carbonyl (C=O) groups is 1. The molecular weight excluding hydrogens is 368 g/mol. The highest BCUT2D eigenvalue weighted by molar-refractivity contribution is 5.94. The Morgan fingerprint density at radius 3 is 2.54 bits per heavy atom. The van der Waals surface area contributed by atoms with Crippen LogP contribution in [0.15, 0.2) is 45.1 Å². The molecule has 0 amide bonds. The van der Waals surface area contributed by atoms with E-state index in [1.807, 2.05) is 0 Å². The van der Waals surface area contributed by atoms with Gasteiger partial charge in [0.25, 0.3) is 11.2 Å². The number of non-ortho nitro benzene ring substituents is 1. The van der Waals surface area contributed by atoms with Crippen LogP contribution in [-0.4, -0.2) is 27.1 Å². The van der Waals surface area contributed by atoms with Crippen molar-refractivity contribution < 1.29 is 14.5 Å². The summed E-state index contributed by atoms with van der Waals surface area (Å²) in [6, 6.07) is 5.69. The number of nitrogens with one attached hydrogen (secondary N) is 1. The monoisotopic (exact) mass is 386 g/mol. The van der Waals surface area contributed by atoms with Crippen LogP contribution >= 0.6 is 0 Å². The number of carbonyl (C=O) groups excluding carboxylic acids is 1. The molecule has 1 N–H and O–H groups in total. The molecule has 0 unspecified atom stereocenters. The van der Waals surface area contributed by atoms with E-state index in [9.17, 15) is 24.5 Å². The van der Waals surface area contributed by atoms with Crippen LogP contribution < -0.4 is 16.6 Å². The zero-order chi connectivity index (χ0) is 20.7. The molecule has 28 heavy (non-hydrogen) atoms. The molecule has 1 aromatic heterocycles. The number of nitrogens with zero attached hydrogens (tertiary/aromatic N) is 3. The first-order chi connectivity index (χ1) is 13.2. The molecule has 0 saturated carbocycles. The second-order valence-electron chi connectivity index (χ2n) is 6.41. The lowest BCUT2D eigenvalue weighted by atomic mass is 9.82. The first kappa shape index (κ1) is 19.1. The van der Waals surface area contributed by atoms with Crippen molar-refractivity contribution in [3.8, 4) is 0 Å². The summed E-state index contributed by atoms with van der Waals surface area (Å²) in [4.78, 5) is 48.4. The number of rotatable bonds is 3. The number of nitro groups is 1. The number of methoxy groups -OCH3 is 1. The number of nitro benzene ring substituents is 1. The molecule has 1 aliphatic heterocycles. The number of anilines is 1. The van der Waals surface area contributed by atoms with Crippen LogP contribution in [-0.2, 0) is 23.6 Å². The lowest BCUT2D eigenvalue weighted by Gasteiger charge is -2.30. The van der Waals surface area contributed by atoms with Crippen molar-refractivity contribution in [1.82, 2.24) is 9.13 Å². The highest BCUT2D eigenvalue weighted by Crippen LogP contribution is 2.40. The van der Waals surface area contributed by atoms with Gasteiger partial charge in [0, 0.05) is 31.9 Å². The number of allylic oxidation sites excluding steroid dienone is 1. The summed E-state index contributed by atoms with van der Waals surface area (Å²) in [7, 11) is 4.04. The third-order valence-corrected chi connectivity index (χ3v) is 4.81. The van der Waals surface area contributed by atoms with Gasteiger partial charge in [0.05, 0.1) is 29.1 Å². The fraction of sp³-hybridized carbons (Fsp3) is 0.278. The van der Waals surface area contributed by atoms with Crippen LogP contribution in [0.2, 0.25) is 0 Å². The van der Waals surface area contributed by atoms with Gasteiger partial charge < -0.3 is 10.1 Å². The Balaban J connectivity index is 2.42. The first-order valence-electron chi connectivity index (χ1n) is 8.29. The van der Waals surface area contributed by atoms with Gasteiger partial charge in [-0.1, -0.05) is 12.1 Å². The lowest BCUT2D eigenvalue weighted by Crippen LogP contribution is -2.43. The SMILES string of the molecule is COC(=O)C1=C(C)Nc2c(c(=O)n(C)c(=O)n2C)[C@H]1c1cccc([N+](=O)[O-])c1. The fourth-order valence-electron chi connectivity index (χ4n) is 3.42. The molecule has 0 spiro atoms. The molecule has 2 heterocycles. The van der Waals surface area contributed by atoms with Crippen molar-refractivity contribution in [3.63, 3.8) is 0 Å². The van der Waals surface area contributed by atoms with Crippen LogP contribution in [0.1, 0.15) is 24.0 Å². The van der Waals surface area contributed by atoms with E-state index >= 15 is 0 Å². The number of fused-ring (bicyclic) bond motifs is 1. The van der Waals surface area contributed by atoms with E-state index in [4.69, 9.17) is 4.74 Å². The van der Waals surface area contributed by atoms with E-state index in [0.717, 1.165) is 4.57 Å². The molecule has 3 rings (SSSR count). The fourth-order valence-corrected chi connectivity index (χ4v) is 3.42. The summed E-state index contributed by atoms with van der Waals surface area (Å²) in [6.07, 6.45) is 0. The molecule has 0 aliphatic carbocycles. The van der Waals surface area contributed by atoms with Crippen molar-refractivity contribution in [2.24, 2.45) is 14.1 Å². The molecule has 1 aliphatic rings. The van der Waals surface area contributed by atoms with Crippen molar-refractivity contribution in [1.29, 1.82) is 0 Å². The average molecular weight is 386 g/mol. The molecule has 2 aromatic rings. The van der Waals surface area contributed by atoms with Crippen LogP contribution in [0.4, 0.5) is 11.5 Å². The van der Waals surface area contributed by atoms with Crippen molar-refractivity contribution in [2.45, 2.75) is 12.8 Å². The van der Waals surface area contributed by atoms with Gasteiger partial charge in [-0.05, 0) is 12.5 Å². The van der Waals surface area contributed by atoms with Crippen molar-refractivity contribution in [2.75, 3.05) is 12.4 Å². The minimum atomic E-state index is -0.936. The number of ether oxygens (including phenoxy) is 1. The third kappa shape index (κ3) is 2.79. The summed E-state index contributed by atoms with van der Waals surface area (Å²) < 4.78 is 7.07. The Morgan fingerprint density at radius 1 is 1.25 bits per heavy atom. The Kier molecular flexibility index (Phi) is 4.63. The van der Waals surface area contributed by atoms with Crippen molar-refractivity contribution >= 4 is 17.5 Å². The number of hydrogen-bond donors (Lipinski definition) is 1. The standard InChI is InChI=1S/C18H18N4O6/c1-9-12(17(24)28-4)13(10-6-5-7-11(8-10)22(26)27)14-15(19-9)20(2)18(25)21(3)16(14)23/h5-8,13,19H,1-4H3/t13-/m0/s1. The minimum Gasteiger partial charge on any atom is -0.466 e. The maximum Gasteiger partial charge on any atom is 0.336 e. The van der Waals surface area contributed by atoms with E-state index < -0.39 is 28.1 Å². The quantitative estimate of drug-likeness (QED) is 0.474. The van der Waals surface area contributed by atoms with Gasteiger partial charge in [0.15, 0.2) is 0 Å². The predicted molar refractivity (Wildman–Crippen MR) is 100 cm³/mol. The molecule has 10 heteroatoms. The van der Waals surface area contributed by atoms with Crippen LogP contribution in [0.5, 0.6) is 0 Å². The Morgan fingerprint density at radius 2 is 1.93 bits per heavy atom. The summed E-state index contributed by atoms with van der Waals surface area (Å²) in [5, 5.41) is 14.1. The highest BCUT2D eigenvalue weighted by atomic mass is 16.6. The number of aromatic nitrogens is 2. The maximum absolute atomic E-state index is 13.0. The molecule has 0 saturated heterocycles. The molecule has 0 bridgehead atoms. The largest absolute Gasteiger partial charge is 0.466 e. The molecular formula is C18H18N4O6. The van der Waals surface area contributed by atoms with Crippen LogP contribution in [0.3, 0.4) is 0 Å². The first-order valence-corrected chi connectivity index (χ1v) is 8.29. The van der Waals surface area contributed by atoms with E-state index in [0.29, 0.717) is 11.3 Å². The molecule has 10 nitrogen and oxygen atoms in total. The maximum atomic E-state index is 13.0. The molecule has 1 atom stereocenters. The second kappa shape index (κ2) is 6.80. The topological polar surface area (TPSA) is 125 Å². The van der Waals surface area contributed by atoms with E-state index in [-0.39, 0.29) is 22.6 Å². The molecule has 1 aromatic carbocycles. The van der Waals surface area contributed by atoms with Crippen LogP contribution in [0, 0.1) is 10.1 Å². The predicted octanol–water partition coefficient (Wildman–Crippen LogP) is 0.997. The lowest BCUT2D eigenvalue weighted by molar-refractivity contribution is -0.384.